The number of rotatable bonds is 5. The quantitative estimate of drug-likeness (QED) is 0.777. The van der Waals surface area contributed by atoms with E-state index in [1.807, 2.05) is 12.1 Å². The van der Waals surface area contributed by atoms with E-state index in [2.05, 4.69) is 28.6 Å². The first-order chi connectivity index (χ1) is 8.86. The standard InChI is InChI=1S/C13H14N2O2S/c1-2-12-13(18-15-14-12)9-3-5-10(6-4-9)16-7-11-8-17-11/h3-6,11H,2,7-8H2,1H3. The number of aromatic nitrogens is 2. The fraction of sp³-hybridized carbons (Fsp3) is 0.385. The molecule has 1 aliphatic rings. The summed E-state index contributed by atoms with van der Waals surface area (Å²) in [6.07, 6.45) is 1.20. The highest BCUT2D eigenvalue weighted by Crippen LogP contribution is 2.28. The van der Waals surface area contributed by atoms with Crippen LogP contribution in [0.5, 0.6) is 5.75 Å². The van der Waals surface area contributed by atoms with Crippen LogP contribution in [0.15, 0.2) is 24.3 Å². The van der Waals surface area contributed by atoms with Crippen LogP contribution in [0.4, 0.5) is 0 Å². The van der Waals surface area contributed by atoms with Crippen LogP contribution in [0, 0.1) is 0 Å². The van der Waals surface area contributed by atoms with Crippen molar-refractivity contribution in [1.29, 1.82) is 0 Å². The first-order valence-corrected chi connectivity index (χ1v) is 6.80. The summed E-state index contributed by atoms with van der Waals surface area (Å²) < 4.78 is 14.7. The molecule has 2 heterocycles. The molecular weight excluding hydrogens is 248 g/mol. The molecule has 3 rings (SSSR count). The van der Waals surface area contributed by atoms with Gasteiger partial charge in [-0.3, -0.25) is 0 Å². The molecule has 5 heteroatoms. The van der Waals surface area contributed by atoms with Gasteiger partial charge in [-0.05, 0) is 47.8 Å². The summed E-state index contributed by atoms with van der Waals surface area (Å²) in [6, 6.07) is 8.07. The second kappa shape index (κ2) is 5.04. The SMILES string of the molecule is CCc1nnsc1-c1ccc(OCC2CO2)cc1. The number of benzene rings is 1. The molecule has 1 aromatic carbocycles. The van der Waals surface area contributed by atoms with Crippen molar-refractivity contribution in [1.82, 2.24) is 9.59 Å². The lowest BCUT2D eigenvalue weighted by atomic mass is 10.1. The van der Waals surface area contributed by atoms with Crippen molar-refractivity contribution < 1.29 is 9.47 Å². The van der Waals surface area contributed by atoms with Gasteiger partial charge in [0, 0.05) is 0 Å². The summed E-state index contributed by atoms with van der Waals surface area (Å²) in [5.74, 6) is 0.879. The van der Waals surface area contributed by atoms with Crippen molar-refractivity contribution in [2.45, 2.75) is 19.4 Å². The smallest absolute Gasteiger partial charge is 0.119 e. The normalized spacial score (nSPS) is 17.7. The molecule has 1 fully saturated rings. The maximum Gasteiger partial charge on any atom is 0.119 e. The lowest BCUT2D eigenvalue weighted by molar-refractivity contribution is 0.263. The van der Waals surface area contributed by atoms with Gasteiger partial charge in [0.05, 0.1) is 17.2 Å². The molecule has 0 N–H and O–H groups in total. The molecule has 2 aromatic rings. The van der Waals surface area contributed by atoms with Crippen LogP contribution >= 0.6 is 11.5 Å². The van der Waals surface area contributed by atoms with Crippen molar-refractivity contribution in [3.8, 4) is 16.2 Å². The van der Waals surface area contributed by atoms with Crippen LogP contribution in [-0.4, -0.2) is 28.9 Å². The van der Waals surface area contributed by atoms with Crippen LogP contribution in [0.3, 0.4) is 0 Å². The Hall–Kier alpha value is -1.46. The highest BCUT2D eigenvalue weighted by molar-refractivity contribution is 7.09. The van der Waals surface area contributed by atoms with Gasteiger partial charge in [-0.25, -0.2) is 0 Å². The monoisotopic (exact) mass is 262 g/mol. The lowest BCUT2D eigenvalue weighted by Gasteiger charge is -2.05. The molecule has 1 unspecified atom stereocenters. The van der Waals surface area contributed by atoms with Crippen molar-refractivity contribution in [3.63, 3.8) is 0 Å². The highest BCUT2D eigenvalue weighted by atomic mass is 32.1. The predicted octanol–water partition coefficient (Wildman–Crippen LogP) is 2.55. The predicted molar refractivity (Wildman–Crippen MR) is 70.0 cm³/mol. The summed E-state index contributed by atoms with van der Waals surface area (Å²) in [7, 11) is 0. The number of nitrogens with zero attached hydrogens (tertiary/aromatic N) is 2. The van der Waals surface area contributed by atoms with Crippen LogP contribution in [0.1, 0.15) is 12.6 Å². The zero-order chi connectivity index (χ0) is 12.4. The molecule has 1 aliphatic heterocycles. The van der Waals surface area contributed by atoms with Gasteiger partial charge >= 0.3 is 0 Å². The number of hydrogen-bond donors (Lipinski definition) is 0. The van der Waals surface area contributed by atoms with Gasteiger partial charge < -0.3 is 9.47 Å². The van der Waals surface area contributed by atoms with Crippen molar-refractivity contribution >= 4 is 11.5 Å². The molecule has 1 aromatic heterocycles. The van der Waals surface area contributed by atoms with Gasteiger partial charge in [-0.2, -0.15) is 0 Å². The van der Waals surface area contributed by atoms with Gasteiger partial charge in [0.2, 0.25) is 0 Å². The molecule has 0 bridgehead atoms. The second-order valence-corrected chi connectivity index (χ2v) is 4.95. The minimum absolute atomic E-state index is 0.294. The Morgan fingerprint density at radius 2 is 2.17 bits per heavy atom. The highest BCUT2D eigenvalue weighted by Gasteiger charge is 2.23. The molecule has 0 amide bonds. The maximum atomic E-state index is 5.61. The molecule has 0 radical (unpaired) electrons. The minimum atomic E-state index is 0.294. The van der Waals surface area contributed by atoms with E-state index in [1.54, 1.807) is 0 Å². The lowest BCUT2D eigenvalue weighted by Crippen LogP contribution is -2.03. The molecule has 0 spiro atoms. The van der Waals surface area contributed by atoms with E-state index in [0.717, 1.165) is 34.9 Å². The van der Waals surface area contributed by atoms with Gasteiger partial charge in [0.15, 0.2) is 0 Å². The third kappa shape index (κ3) is 2.52. The third-order valence-corrected chi connectivity index (χ3v) is 3.66. The Morgan fingerprint density at radius 3 is 2.83 bits per heavy atom. The van der Waals surface area contributed by atoms with Crippen LogP contribution in [-0.2, 0) is 11.2 Å². The summed E-state index contributed by atoms with van der Waals surface area (Å²) in [5.41, 5.74) is 2.21. The molecule has 1 atom stereocenters. The third-order valence-electron chi connectivity index (χ3n) is 2.85. The summed E-state index contributed by atoms with van der Waals surface area (Å²) in [4.78, 5) is 1.15. The van der Waals surface area contributed by atoms with Crippen molar-refractivity contribution in [2.24, 2.45) is 0 Å². The van der Waals surface area contributed by atoms with Crippen LogP contribution in [0.2, 0.25) is 0 Å². The average Bonchev–Trinajstić information content (AvgIpc) is 3.12. The van der Waals surface area contributed by atoms with E-state index in [1.165, 1.54) is 11.5 Å². The van der Waals surface area contributed by atoms with Gasteiger partial charge in [0.1, 0.15) is 18.5 Å². The molecule has 4 nitrogen and oxygen atoms in total. The number of hydrogen-bond acceptors (Lipinski definition) is 5. The molecule has 0 saturated carbocycles. The molecular formula is C13H14N2O2S. The van der Waals surface area contributed by atoms with E-state index in [4.69, 9.17) is 9.47 Å². The number of epoxide rings is 1. The Bertz CT molecular complexity index is 520. The average molecular weight is 262 g/mol. The van der Waals surface area contributed by atoms with Crippen LogP contribution < -0.4 is 4.74 Å². The molecule has 94 valence electrons. The fourth-order valence-electron chi connectivity index (χ4n) is 1.72. The first kappa shape index (κ1) is 11.6. The zero-order valence-corrected chi connectivity index (χ0v) is 10.9. The zero-order valence-electron chi connectivity index (χ0n) is 10.1. The van der Waals surface area contributed by atoms with E-state index >= 15 is 0 Å². The van der Waals surface area contributed by atoms with Gasteiger partial charge in [-0.1, -0.05) is 11.4 Å². The maximum absolute atomic E-state index is 5.61. The summed E-state index contributed by atoms with van der Waals surface area (Å²) >= 11 is 1.44. The number of ether oxygens (including phenoxy) is 2. The topological polar surface area (TPSA) is 47.5 Å². The van der Waals surface area contributed by atoms with E-state index in [9.17, 15) is 0 Å². The fourth-order valence-corrected chi connectivity index (χ4v) is 2.47. The summed E-state index contributed by atoms with van der Waals surface area (Å²) in [6.45, 7) is 3.56. The largest absolute Gasteiger partial charge is 0.491 e. The molecule has 0 aliphatic carbocycles. The number of aryl methyl sites for hydroxylation is 1. The Morgan fingerprint density at radius 1 is 1.39 bits per heavy atom. The second-order valence-electron chi connectivity index (χ2n) is 4.19. The van der Waals surface area contributed by atoms with Crippen molar-refractivity contribution in [2.75, 3.05) is 13.2 Å². The van der Waals surface area contributed by atoms with Gasteiger partial charge in [0.25, 0.3) is 0 Å². The van der Waals surface area contributed by atoms with E-state index < -0.39 is 0 Å². The minimum Gasteiger partial charge on any atom is -0.491 e. The molecule has 1 saturated heterocycles. The Labute approximate surface area is 110 Å². The van der Waals surface area contributed by atoms with E-state index in [0.29, 0.717) is 12.7 Å². The summed E-state index contributed by atoms with van der Waals surface area (Å²) in [5, 5.41) is 4.12. The Balaban J connectivity index is 1.73. The first-order valence-electron chi connectivity index (χ1n) is 6.03. The van der Waals surface area contributed by atoms with E-state index in [-0.39, 0.29) is 0 Å². The Kier molecular flexibility index (Phi) is 3.25. The van der Waals surface area contributed by atoms with Crippen LogP contribution in [0.25, 0.3) is 10.4 Å². The van der Waals surface area contributed by atoms with Crippen molar-refractivity contribution in [3.05, 3.63) is 30.0 Å². The van der Waals surface area contributed by atoms with Gasteiger partial charge in [-0.15, -0.1) is 5.10 Å². The molecule has 18 heavy (non-hydrogen) atoms.